The molecule has 1 atom stereocenters. The van der Waals surface area contributed by atoms with Gasteiger partial charge >= 0.3 is 0 Å². The summed E-state index contributed by atoms with van der Waals surface area (Å²) in [6.07, 6.45) is 8.36. The van der Waals surface area contributed by atoms with E-state index in [-0.39, 0.29) is 0 Å². The number of likely N-dealkylation sites (tertiary alicyclic amines) is 1. The minimum Gasteiger partial charge on any atom is -0.298 e. The maximum absolute atomic E-state index is 4.54. The van der Waals surface area contributed by atoms with Crippen molar-refractivity contribution in [2.45, 2.75) is 38.8 Å². The molecule has 1 aliphatic heterocycles. The lowest BCUT2D eigenvalue weighted by molar-refractivity contribution is 0.198. The molecule has 0 amide bonds. The quantitative estimate of drug-likeness (QED) is 0.859. The lowest BCUT2D eigenvalue weighted by Gasteiger charge is -2.32. The predicted molar refractivity (Wildman–Crippen MR) is 83.0 cm³/mol. The van der Waals surface area contributed by atoms with Crippen LogP contribution in [0.5, 0.6) is 0 Å². The molecule has 1 aliphatic rings. The fraction of sp³-hybridized carbons (Fsp3) is 0.500. The number of hydrogen-bond donors (Lipinski definition) is 1. The number of aromatic nitrogens is 4. The van der Waals surface area contributed by atoms with Crippen LogP contribution in [-0.2, 0) is 13.1 Å². The summed E-state index contributed by atoms with van der Waals surface area (Å²) in [7, 11) is 0. The zero-order chi connectivity index (χ0) is 14.7. The van der Waals surface area contributed by atoms with Gasteiger partial charge in [0.15, 0.2) is 0 Å². The number of nitrogens with one attached hydrogen (secondary N) is 1. The molecule has 5 nitrogen and oxygen atoms in total. The molecule has 3 heterocycles. The fourth-order valence-electron chi connectivity index (χ4n) is 3.13. The number of rotatable bonds is 5. The molecule has 1 N–H and O–H groups in total. The normalized spacial score (nSPS) is 19.8. The minimum absolute atomic E-state index is 0.574. The summed E-state index contributed by atoms with van der Waals surface area (Å²) in [6.45, 7) is 9.87. The number of aromatic amines is 1. The van der Waals surface area contributed by atoms with Crippen LogP contribution in [0.1, 0.15) is 35.7 Å². The Morgan fingerprint density at radius 3 is 3.19 bits per heavy atom. The fourth-order valence-corrected chi connectivity index (χ4v) is 3.13. The smallest absolute Gasteiger partial charge is 0.0638 e. The van der Waals surface area contributed by atoms with Gasteiger partial charge in [0.05, 0.1) is 12.2 Å². The van der Waals surface area contributed by atoms with Gasteiger partial charge in [-0.2, -0.15) is 10.2 Å². The van der Waals surface area contributed by atoms with Gasteiger partial charge in [-0.1, -0.05) is 6.08 Å². The van der Waals surface area contributed by atoms with Crippen LogP contribution in [0.25, 0.3) is 0 Å². The standard InChI is InChI=1S/C16H23N5/c1-3-8-21-12-15(13(2)19-21)11-20-9-4-5-14(10-20)16-6-7-17-18-16/h3,6-7,12,14H,1,4-5,8-11H2,2H3,(H,17,18)/t14-/m0/s1. The first-order chi connectivity index (χ1) is 10.3. The number of piperidine rings is 1. The van der Waals surface area contributed by atoms with Crippen molar-refractivity contribution < 1.29 is 0 Å². The Morgan fingerprint density at radius 1 is 1.52 bits per heavy atom. The average molecular weight is 285 g/mol. The monoisotopic (exact) mass is 285 g/mol. The second-order valence-electron chi connectivity index (χ2n) is 5.84. The number of hydrogen-bond acceptors (Lipinski definition) is 3. The molecule has 3 rings (SSSR count). The van der Waals surface area contributed by atoms with Gasteiger partial charge in [0, 0.05) is 42.7 Å². The van der Waals surface area contributed by atoms with Gasteiger partial charge in [-0.25, -0.2) is 0 Å². The highest BCUT2D eigenvalue weighted by Gasteiger charge is 2.23. The van der Waals surface area contributed by atoms with E-state index >= 15 is 0 Å². The van der Waals surface area contributed by atoms with Crippen LogP contribution in [0.15, 0.2) is 31.1 Å². The predicted octanol–water partition coefficient (Wildman–Crippen LogP) is 2.48. The highest BCUT2D eigenvalue weighted by atomic mass is 15.3. The van der Waals surface area contributed by atoms with E-state index in [9.17, 15) is 0 Å². The molecule has 2 aromatic rings. The Kier molecular flexibility index (Phi) is 4.20. The largest absolute Gasteiger partial charge is 0.298 e. The summed E-state index contributed by atoms with van der Waals surface area (Å²) in [4.78, 5) is 2.53. The van der Waals surface area contributed by atoms with Crippen molar-refractivity contribution in [1.29, 1.82) is 0 Å². The van der Waals surface area contributed by atoms with E-state index in [1.165, 1.54) is 24.1 Å². The van der Waals surface area contributed by atoms with Gasteiger partial charge in [0.25, 0.3) is 0 Å². The maximum atomic E-state index is 4.54. The summed E-state index contributed by atoms with van der Waals surface area (Å²) in [6, 6.07) is 2.10. The van der Waals surface area contributed by atoms with Crippen molar-refractivity contribution in [3.8, 4) is 0 Å². The third-order valence-electron chi connectivity index (χ3n) is 4.23. The van der Waals surface area contributed by atoms with Gasteiger partial charge in [-0.15, -0.1) is 6.58 Å². The first kappa shape index (κ1) is 14.1. The molecule has 5 heteroatoms. The number of allylic oxidation sites excluding steroid dienone is 1. The molecule has 0 radical (unpaired) electrons. The topological polar surface area (TPSA) is 49.7 Å². The Bertz CT molecular complexity index is 584. The molecule has 0 spiro atoms. The number of H-pyrrole nitrogens is 1. The second kappa shape index (κ2) is 6.26. The Labute approximate surface area is 125 Å². The molecule has 1 fully saturated rings. The third-order valence-corrected chi connectivity index (χ3v) is 4.23. The van der Waals surface area contributed by atoms with Crippen LogP contribution in [0.4, 0.5) is 0 Å². The van der Waals surface area contributed by atoms with Crippen LogP contribution in [0.3, 0.4) is 0 Å². The van der Waals surface area contributed by atoms with E-state index in [1.807, 2.05) is 17.0 Å². The third kappa shape index (κ3) is 3.24. The van der Waals surface area contributed by atoms with Gasteiger partial charge in [0.2, 0.25) is 0 Å². The first-order valence-electron chi connectivity index (χ1n) is 7.61. The zero-order valence-electron chi connectivity index (χ0n) is 12.6. The highest BCUT2D eigenvalue weighted by Crippen LogP contribution is 2.26. The lowest BCUT2D eigenvalue weighted by atomic mass is 9.94. The summed E-state index contributed by atoms with van der Waals surface area (Å²) in [5.41, 5.74) is 3.71. The van der Waals surface area contributed by atoms with Gasteiger partial charge in [-0.05, 0) is 32.4 Å². The summed E-state index contributed by atoms with van der Waals surface area (Å²) < 4.78 is 1.97. The van der Waals surface area contributed by atoms with Crippen molar-refractivity contribution in [2.75, 3.05) is 13.1 Å². The average Bonchev–Trinajstić information content (AvgIpc) is 3.11. The minimum atomic E-state index is 0.574. The van der Waals surface area contributed by atoms with Crippen molar-refractivity contribution >= 4 is 0 Å². The molecule has 21 heavy (non-hydrogen) atoms. The van der Waals surface area contributed by atoms with E-state index in [0.717, 1.165) is 31.9 Å². The first-order valence-corrected chi connectivity index (χ1v) is 7.61. The van der Waals surface area contributed by atoms with E-state index in [2.05, 4.69) is 46.0 Å². The summed E-state index contributed by atoms with van der Waals surface area (Å²) in [5.74, 6) is 0.574. The molecule has 112 valence electrons. The van der Waals surface area contributed by atoms with E-state index < -0.39 is 0 Å². The SMILES string of the molecule is C=CCn1cc(CN2CCC[C@H](c3ccn[nH]3)C2)c(C)n1. The van der Waals surface area contributed by atoms with Gasteiger partial charge < -0.3 is 0 Å². The van der Waals surface area contributed by atoms with E-state index in [0.29, 0.717) is 5.92 Å². The van der Waals surface area contributed by atoms with Crippen molar-refractivity contribution in [2.24, 2.45) is 0 Å². The van der Waals surface area contributed by atoms with Crippen LogP contribution >= 0.6 is 0 Å². The molecular weight excluding hydrogens is 262 g/mol. The lowest BCUT2D eigenvalue weighted by Crippen LogP contribution is -2.34. The second-order valence-corrected chi connectivity index (χ2v) is 5.84. The summed E-state index contributed by atoms with van der Waals surface area (Å²) >= 11 is 0. The molecular formula is C16H23N5. The number of aryl methyl sites for hydroxylation is 1. The molecule has 0 aliphatic carbocycles. The number of nitrogens with zero attached hydrogens (tertiary/aromatic N) is 4. The Hall–Kier alpha value is -1.88. The van der Waals surface area contributed by atoms with E-state index in [1.54, 1.807) is 0 Å². The molecule has 0 saturated carbocycles. The zero-order valence-corrected chi connectivity index (χ0v) is 12.6. The highest BCUT2D eigenvalue weighted by molar-refractivity contribution is 5.16. The van der Waals surface area contributed by atoms with Crippen molar-refractivity contribution in [3.63, 3.8) is 0 Å². The summed E-state index contributed by atoms with van der Waals surface area (Å²) in [5, 5.41) is 11.7. The molecule has 1 saturated heterocycles. The molecule has 2 aromatic heterocycles. The molecule has 0 aromatic carbocycles. The van der Waals surface area contributed by atoms with Crippen LogP contribution in [-0.4, -0.2) is 38.0 Å². The van der Waals surface area contributed by atoms with Gasteiger partial charge in [-0.3, -0.25) is 14.7 Å². The van der Waals surface area contributed by atoms with Crippen LogP contribution < -0.4 is 0 Å². The van der Waals surface area contributed by atoms with Crippen molar-refractivity contribution in [3.05, 3.63) is 48.1 Å². The van der Waals surface area contributed by atoms with E-state index in [4.69, 9.17) is 0 Å². The van der Waals surface area contributed by atoms with Crippen LogP contribution in [0.2, 0.25) is 0 Å². The van der Waals surface area contributed by atoms with Crippen molar-refractivity contribution in [1.82, 2.24) is 24.9 Å². The Balaban J connectivity index is 1.65. The molecule has 0 unspecified atom stereocenters. The van der Waals surface area contributed by atoms with Gasteiger partial charge in [0.1, 0.15) is 0 Å². The van der Waals surface area contributed by atoms with Crippen LogP contribution in [0, 0.1) is 6.92 Å². The Morgan fingerprint density at radius 2 is 2.43 bits per heavy atom. The maximum Gasteiger partial charge on any atom is 0.0638 e. The molecule has 0 bridgehead atoms.